The summed E-state index contributed by atoms with van der Waals surface area (Å²) in [4.78, 5) is 2.47. The van der Waals surface area contributed by atoms with Crippen LogP contribution >= 0.6 is 0 Å². The SMILES string of the molecule is CN1CCC[C@H](CC(C)(C)C)C1. The lowest BCUT2D eigenvalue weighted by molar-refractivity contribution is 0.165. The van der Waals surface area contributed by atoms with Crippen LogP contribution in [0.15, 0.2) is 0 Å². The average Bonchev–Trinajstić information content (AvgIpc) is 1.82. The van der Waals surface area contributed by atoms with Crippen LogP contribution in [-0.4, -0.2) is 25.0 Å². The van der Waals surface area contributed by atoms with E-state index in [0.29, 0.717) is 5.41 Å². The topological polar surface area (TPSA) is 3.24 Å². The van der Waals surface area contributed by atoms with Crippen LogP contribution in [0.25, 0.3) is 0 Å². The Labute approximate surface area is 77.1 Å². The Morgan fingerprint density at radius 1 is 1.33 bits per heavy atom. The molecule has 1 saturated heterocycles. The Bertz CT molecular complexity index is 134. The van der Waals surface area contributed by atoms with Crippen LogP contribution in [0.2, 0.25) is 0 Å². The fourth-order valence-electron chi connectivity index (χ4n) is 2.31. The Kier molecular flexibility index (Phi) is 3.16. The zero-order chi connectivity index (χ0) is 9.19. The largest absolute Gasteiger partial charge is 0.306 e. The zero-order valence-corrected chi connectivity index (χ0v) is 9.06. The van der Waals surface area contributed by atoms with E-state index in [0.717, 1.165) is 5.92 Å². The molecular formula is C11H23N. The summed E-state index contributed by atoms with van der Waals surface area (Å²) in [6.45, 7) is 9.67. The zero-order valence-electron chi connectivity index (χ0n) is 9.06. The van der Waals surface area contributed by atoms with Crippen LogP contribution in [0, 0.1) is 11.3 Å². The molecule has 1 heteroatoms. The molecule has 0 bridgehead atoms. The Balaban J connectivity index is 2.32. The lowest BCUT2D eigenvalue weighted by atomic mass is 9.81. The first-order valence-corrected chi connectivity index (χ1v) is 5.16. The number of rotatable bonds is 1. The van der Waals surface area contributed by atoms with E-state index in [1.54, 1.807) is 0 Å². The molecule has 0 radical (unpaired) electrons. The highest BCUT2D eigenvalue weighted by Crippen LogP contribution is 2.29. The van der Waals surface area contributed by atoms with Gasteiger partial charge in [0.25, 0.3) is 0 Å². The van der Waals surface area contributed by atoms with Crippen molar-refractivity contribution in [3.05, 3.63) is 0 Å². The van der Waals surface area contributed by atoms with E-state index < -0.39 is 0 Å². The third kappa shape index (κ3) is 3.57. The van der Waals surface area contributed by atoms with Crippen LogP contribution in [-0.2, 0) is 0 Å². The number of hydrogen-bond acceptors (Lipinski definition) is 1. The molecule has 0 aromatic rings. The van der Waals surface area contributed by atoms with Crippen molar-refractivity contribution in [1.29, 1.82) is 0 Å². The smallest absolute Gasteiger partial charge is 0.000681 e. The number of nitrogens with zero attached hydrogens (tertiary/aromatic N) is 1. The van der Waals surface area contributed by atoms with E-state index in [1.165, 1.54) is 32.4 Å². The first-order chi connectivity index (χ1) is 5.47. The van der Waals surface area contributed by atoms with Gasteiger partial charge in [-0.25, -0.2) is 0 Å². The maximum Gasteiger partial charge on any atom is 0.000681 e. The highest BCUT2D eigenvalue weighted by molar-refractivity contribution is 4.75. The summed E-state index contributed by atoms with van der Waals surface area (Å²) in [5.41, 5.74) is 0.517. The van der Waals surface area contributed by atoms with Crippen molar-refractivity contribution in [2.45, 2.75) is 40.0 Å². The molecule has 0 N–H and O–H groups in total. The van der Waals surface area contributed by atoms with Crippen molar-refractivity contribution in [3.63, 3.8) is 0 Å². The Morgan fingerprint density at radius 3 is 2.50 bits per heavy atom. The summed E-state index contributed by atoms with van der Waals surface area (Å²) in [6, 6.07) is 0. The van der Waals surface area contributed by atoms with E-state index in [1.807, 2.05) is 0 Å². The van der Waals surface area contributed by atoms with Gasteiger partial charge in [-0.05, 0) is 44.2 Å². The van der Waals surface area contributed by atoms with Gasteiger partial charge in [-0.3, -0.25) is 0 Å². The number of piperidine rings is 1. The lowest BCUT2D eigenvalue weighted by Crippen LogP contribution is -2.33. The van der Waals surface area contributed by atoms with E-state index >= 15 is 0 Å². The minimum atomic E-state index is 0.517. The van der Waals surface area contributed by atoms with Crippen LogP contribution in [0.5, 0.6) is 0 Å². The van der Waals surface area contributed by atoms with Gasteiger partial charge in [0.15, 0.2) is 0 Å². The molecule has 0 saturated carbocycles. The molecule has 1 heterocycles. The highest BCUT2D eigenvalue weighted by Gasteiger charge is 2.22. The van der Waals surface area contributed by atoms with Gasteiger partial charge in [0.2, 0.25) is 0 Å². The van der Waals surface area contributed by atoms with Gasteiger partial charge in [0, 0.05) is 6.54 Å². The summed E-state index contributed by atoms with van der Waals surface area (Å²) in [5, 5.41) is 0. The van der Waals surface area contributed by atoms with Gasteiger partial charge >= 0.3 is 0 Å². The maximum atomic E-state index is 2.47. The molecule has 1 aliphatic rings. The van der Waals surface area contributed by atoms with Crippen molar-refractivity contribution in [2.75, 3.05) is 20.1 Å². The monoisotopic (exact) mass is 169 g/mol. The standard InChI is InChI=1S/C11H23N/c1-11(2,3)8-10-6-5-7-12(4)9-10/h10H,5-9H2,1-4H3/t10-/m1/s1. The first kappa shape index (κ1) is 10.0. The summed E-state index contributed by atoms with van der Waals surface area (Å²) in [7, 11) is 2.24. The number of likely N-dealkylation sites (tertiary alicyclic amines) is 1. The summed E-state index contributed by atoms with van der Waals surface area (Å²) in [6.07, 6.45) is 4.23. The normalized spacial score (nSPS) is 27.5. The lowest BCUT2D eigenvalue weighted by Gasteiger charge is -2.33. The molecular weight excluding hydrogens is 146 g/mol. The molecule has 0 spiro atoms. The van der Waals surface area contributed by atoms with Crippen molar-refractivity contribution in [1.82, 2.24) is 4.90 Å². The average molecular weight is 169 g/mol. The fourth-order valence-corrected chi connectivity index (χ4v) is 2.31. The molecule has 72 valence electrons. The Hall–Kier alpha value is -0.0400. The molecule has 1 rings (SSSR count). The maximum absolute atomic E-state index is 2.47. The summed E-state index contributed by atoms with van der Waals surface area (Å²) >= 11 is 0. The van der Waals surface area contributed by atoms with Crippen LogP contribution in [0.4, 0.5) is 0 Å². The van der Waals surface area contributed by atoms with Crippen molar-refractivity contribution in [2.24, 2.45) is 11.3 Å². The molecule has 1 nitrogen and oxygen atoms in total. The third-order valence-corrected chi connectivity index (χ3v) is 2.62. The second-order valence-electron chi connectivity index (χ2n) is 5.54. The quantitative estimate of drug-likeness (QED) is 0.583. The number of hydrogen-bond donors (Lipinski definition) is 0. The molecule has 1 aliphatic heterocycles. The van der Waals surface area contributed by atoms with E-state index in [4.69, 9.17) is 0 Å². The van der Waals surface area contributed by atoms with Gasteiger partial charge in [-0.15, -0.1) is 0 Å². The van der Waals surface area contributed by atoms with E-state index in [2.05, 4.69) is 32.7 Å². The Morgan fingerprint density at radius 2 is 2.00 bits per heavy atom. The molecule has 0 aromatic carbocycles. The van der Waals surface area contributed by atoms with Gasteiger partial charge in [0.1, 0.15) is 0 Å². The molecule has 0 aliphatic carbocycles. The van der Waals surface area contributed by atoms with Crippen molar-refractivity contribution in [3.8, 4) is 0 Å². The first-order valence-electron chi connectivity index (χ1n) is 5.16. The van der Waals surface area contributed by atoms with Crippen LogP contribution in [0.3, 0.4) is 0 Å². The molecule has 12 heavy (non-hydrogen) atoms. The second kappa shape index (κ2) is 3.78. The molecule has 0 amide bonds. The van der Waals surface area contributed by atoms with Gasteiger partial charge < -0.3 is 4.90 Å². The summed E-state index contributed by atoms with van der Waals surface area (Å²) < 4.78 is 0. The van der Waals surface area contributed by atoms with E-state index in [-0.39, 0.29) is 0 Å². The predicted molar refractivity (Wildman–Crippen MR) is 54.3 cm³/mol. The second-order valence-corrected chi connectivity index (χ2v) is 5.54. The van der Waals surface area contributed by atoms with Crippen LogP contribution in [0.1, 0.15) is 40.0 Å². The van der Waals surface area contributed by atoms with Gasteiger partial charge in [0.05, 0.1) is 0 Å². The van der Waals surface area contributed by atoms with Crippen LogP contribution < -0.4 is 0 Å². The van der Waals surface area contributed by atoms with Crippen molar-refractivity contribution < 1.29 is 0 Å². The highest BCUT2D eigenvalue weighted by atomic mass is 15.1. The molecule has 0 unspecified atom stereocenters. The van der Waals surface area contributed by atoms with E-state index in [9.17, 15) is 0 Å². The minimum absolute atomic E-state index is 0.517. The summed E-state index contributed by atoms with van der Waals surface area (Å²) in [5.74, 6) is 0.948. The molecule has 1 atom stereocenters. The predicted octanol–water partition coefficient (Wildman–Crippen LogP) is 2.76. The fraction of sp³-hybridized carbons (Fsp3) is 1.00. The van der Waals surface area contributed by atoms with Gasteiger partial charge in [-0.2, -0.15) is 0 Å². The molecule has 0 aromatic heterocycles. The molecule has 1 fully saturated rings. The van der Waals surface area contributed by atoms with Gasteiger partial charge in [-0.1, -0.05) is 20.8 Å². The minimum Gasteiger partial charge on any atom is -0.306 e. The van der Waals surface area contributed by atoms with Crippen molar-refractivity contribution >= 4 is 0 Å². The third-order valence-electron chi connectivity index (χ3n) is 2.62.